The van der Waals surface area contributed by atoms with Gasteiger partial charge in [0.25, 0.3) is 0 Å². The van der Waals surface area contributed by atoms with Crippen molar-refractivity contribution in [3.8, 4) is 0 Å². The van der Waals surface area contributed by atoms with Gasteiger partial charge in [-0.15, -0.1) is 0 Å². The van der Waals surface area contributed by atoms with Crippen molar-refractivity contribution in [1.29, 1.82) is 0 Å². The number of nitrogens with zero attached hydrogens (tertiary/aromatic N) is 3. The first-order chi connectivity index (χ1) is 28.4. The van der Waals surface area contributed by atoms with E-state index in [0.29, 0.717) is 76.3 Å². The third-order valence-electron chi connectivity index (χ3n) is 8.08. The Bertz CT molecular complexity index is 1250. The van der Waals surface area contributed by atoms with Crippen LogP contribution < -0.4 is 0 Å². The minimum atomic E-state index is -0.831. The van der Waals surface area contributed by atoms with Gasteiger partial charge in [-0.2, -0.15) is 4.99 Å². The van der Waals surface area contributed by atoms with E-state index in [9.17, 15) is 38.4 Å². The fourth-order valence-electron chi connectivity index (χ4n) is 4.38. The van der Waals surface area contributed by atoms with Crippen LogP contribution in [0, 0.1) is 5.41 Å². The maximum absolute atomic E-state index is 12.1. The predicted octanol–water partition coefficient (Wildman–Crippen LogP) is 3.48. The van der Waals surface area contributed by atoms with Gasteiger partial charge in [0, 0.05) is 44.7 Å². The number of methoxy groups -OCH3 is 1. The van der Waals surface area contributed by atoms with Crippen LogP contribution in [0.4, 0.5) is 0 Å². The Kier molecular flexibility index (Phi) is 42.3. The molecular formula is C40H65N3O16. The lowest BCUT2D eigenvalue weighted by Gasteiger charge is -2.31. The molecule has 0 saturated carbocycles. The summed E-state index contributed by atoms with van der Waals surface area (Å²) in [6.45, 7) is 7.57. The fourth-order valence-corrected chi connectivity index (χ4v) is 4.38. The molecule has 19 heteroatoms. The van der Waals surface area contributed by atoms with Crippen LogP contribution in [-0.2, 0) is 62.0 Å². The van der Waals surface area contributed by atoms with Crippen molar-refractivity contribution >= 4 is 48.1 Å². The van der Waals surface area contributed by atoms with E-state index in [1.54, 1.807) is 6.92 Å². The molecule has 0 aromatic rings. The molecule has 0 amide bonds. The molecule has 0 spiro atoms. The van der Waals surface area contributed by atoms with E-state index in [1.807, 2.05) is 6.92 Å². The highest BCUT2D eigenvalue weighted by Gasteiger charge is 2.34. The molecule has 59 heavy (non-hydrogen) atoms. The molecule has 19 nitrogen and oxygen atoms in total. The fraction of sp³-hybridized carbons (Fsp3) is 0.750. The first-order valence-electron chi connectivity index (χ1n) is 19.7. The first kappa shape index (κ1) is 58.4. The molecule has 0 radical (unpaired) electrons. The largest absolute Gasteiger partial charge is 0.467 e. The number of ether oxygens (including phenoxy) is 5. The number of aliphatic hydroxyl groups excluding tert-OH is 3. The summed E-state index contributed by atoms with van der Waals surface area (Å²) >= 11 is 0. The summed E-state index contributed by atoms with van der Waals surface area (Å²) in [5, 5.41) is 26.5. The van der Waals surface area contributed by atoms with E-state index < -0.39 is 23.4 Å². The van der Waals surface area contributed by atoms with Crippen LogP contribution in [-0.4, -0.2) is 136 Å². The lowest BCUT2D eigenvalue weighted by atomic mass is 9.88. The summed E-state index contributed by atoms with van der Waals surface area (Å²) in [4.78, 5) is 97.1. The van der Waals surface area contributed by atoms with Gasteiger partial charge in [0.15, 0.2) is 6.04 Å². The van der Waals surface area contributed by atoms with Crippen LogP contribution in [0.2, 0.25) is 0 Å². The van der Waals surface area contributed by atoms with Crippen LogP contribution in [0.3, 0.4) is 0 Å². The van der Waals surface area contributed by atoms with Crippen molar-refractivity contribution in [2.75, 3.05) is 66.4 Å². The molecule has 0 aromatic heterocycles. The highest BCUT2D eigenvalue weighted by atomic mass is 16.6. The Morgan fingerprint density at radius 1 is 0.627 bits per heavy atom. The number of carbonyl (C=O) groups is 5. The van der Waals surface area contributed by atoms with E-state index in [2.05, 4.69) is 31.0 Å². The van der Waals surface area contributed by atoms with Crippen molar-refractivity contribution in [2.24, 2.45) is 20.4 Å². The second kappa shape index (κ2) is 42.7. The zero-order valence-corrected chi connectivity index (χ0v) is 35.0. The Labute approximate surface area is 346 Å². The third-order valence-corrected chi connectivity index (χ3v) is 8.08. The number of isocyanates is 3. The van der Waals surface area contributed by atoms with Crippen molar-refractivity contribution in [2.45, 2.75) is 123 Å². The molecule has 0 rings (SSSR count). The topological polar surface area (TPSA) is 280 Å². The molecule has 1 unspecified atom stereocenters. The molecule has 3 N–H and O–H groups in total. The Hall–Kier alpha value is -4.89. The molecule has 0 aromatic carbocycles. The van der Waals surface area contributed by atoms with E-state index >= 15 is 0 Å². The zero-order chi connectivity index (χ0) is 45.0. The van der Waals surface area contributed by atoms with E-state index in [1.165, 1.54) is 25.3 Å². The van der Waals surface area contributed by atoms with Crippen molar-refractivity contribution in [1.82, 2.24) is 0 Å². The maximum atomic E-state index is 12.1. The van der Waals surface area contributed by atoms with Gasteiger partial charge in [-0.25, -0.2) is 34.0 Å². The minimum Gasteiger partial charge on any atom is -0.467 e. The zero-order valence-electron chi connectivity index (χ0n) is 35.0. The molecule has 0 fully saturated rings. The highest BCUT2D eigenvalue weighted by Crippen LogP contribution is 2.25. The van der Waals surface area contributed by atoms with Gasteiger partial charge in [-0.05, 0) is 71.1 Å². The molecule has 0 bridgehead atoms. The molecular weight excluding hydrogens is 778 g/mol. The van der Waals surface area contributed by atoms with Crippen molar-refractivity contribution in [3.05, 3.63) is 12.2 Å². The standard InChI is InChI=1S/C24H44O9.C9H12N2O4.C7H9NO3/c1-2-24(18-31-21(28)12-6-3-9-15-25,19-32-22(29)13-7-4-10-16-26)20-33-23(30)14-8-5-11-17-27;1-15-9(14)8(11-7-13)4-2-3-5-10-6-12;1-6(2)7(10)11-4-3-8-5-9/h25-27H,2-20H2,1H3;8H,2-5H2,1H3;1,3-4H2,2H3. The van der Waals surface area contributed by atoms with Gasteiger partial charge < -0.3 is 39.0 Å². The molecule has 0 aliphatic heterocycles. The molecule has 0 aliphatic rings. The predicted molar refractivity (Wildman–Crippen MR) is 212 cm³/mol. The average molecular weight is 844 g/mol. The molecule has 336 valence electrons. The molecule has 0 heterocycles. The lowest BCUT2D eigenvalue weighted by molar-refractivity contribution is -0.162. The number of unbranched alkanes of at least 4 members (excludes halogenated alkanes) is 7. The molecule has 0 saturated heterocycles. The number of aliphatic hydroxyl groups is 3. The number of hydrogen-bond acceptors (Lipinski definition) is 19. The Morgan fingerprint density at radius 2 is 1.07 bits per heavy atom. The summed E-state index contributed by atoms with van der Waals surface area (Å²) in [6, 6.07) is -0.798. The van der Waals surface area contributed by atoms with Crippen molar-refractivity contribution in [3.63, 3.8) is 0 Å². The van der Waals surface area contributed by atoms with Crippen LogP contribution >= 0.6 is 0 Å². The monoisotopic (exact) mass is 843 g/mol. The highest BCUT2D eigenvalue weighted by molar-refractivity contribution is 5.86. The number of rotatable bonds is 33. The summed E-state index contributed by atoms with van der Waals surface area (Å²) in [6.07, 6.45) is 12.8. The number of carbonyl (C=O) groups excluding carboxylic acids is 8. The van der Waals surface area contributed by atoms with Gasteiger partial charge >= 0.3 is 29.8 Å². The number of aliphatic imine (C=N–C) groups is 3. The van der Waals surface area contributed by atoms with Gasteiger partial charge in [-0.1, -0.05) is 32.8 Å². The second-order valence-corrected chi connectivity index (χ2v) is 13.1. The minimum absolute atomic E-state index is 0.0298. The Morgan fingerprint density at radius 3 is 1.42 bits per heavy atom. The van der Waals surface area contributed by atoms with E-state index in [0.717, 1.165) is 19.3 Å². The SMILES string of the molecule is C=C(C)C(=O)OCCN=C=O.CCC(COC(=O)CCCCCO)(COC(=O)CCCCCO)COC(=O)CCCCCO.COC(=O)C(CCCCN=C=O)N=C=O. The molecule has 1 atom stereocenters. The van der Waals surface area contributed by atoms with Gasteiger partial charge in [0.2, 0.25) is 18.2 Å². The van der Waals surface area contributed by atoms with Crippen LogP contribution in [0.15, 0.2) is 27.1 Å². The van der Waals surface area contributed by atoms with Gasteiger partial charge in [0.1, 0.15) is 26.4 Å². The quantitative estimate of drug-likeness (QED) is 0.0213. The summed E-state index contributed by atoms with van der Waals surface area (Å²) < 4.78 is 25.3. The normalized spacial score (nSPS) is 10.5. The number of esters is 5. The number of hydrogen-bond donors (Lipinski definition) is 3. The molecule has 0 aliphatic carbocycles. The van der Waals surface area contributed by atoms with Crippen LogP contribution in [0.25, 0.3) is 0 Å². The second-order valence-electron chi connectivity index (χ2n) is 13.1. The van der Waals surface area contributed by atoms with E-state index in [4.69, 9.17) is 29.5 Å². The summed E-state index contributed by atoms with van der Waals surface area (Å²) in [5.74, 6) is -2.16. The van der Waals surface area contributed by atoms with Gasteiger partial charge in [0.05, 0.1) is 25.6 Å². The third kappa shape index (κ3) is 38.4. The van der Waals surface area contributed by atoms with Gasteiger partial charge in [-0.3, -0.25) is 14.4 Å². The smallest absolute Gasteiger partial charge is 0.333 e. The summed E-state index contributed by atoms with van der Waals surface area (Å²) in [7, 11) is 1.23. The average Bonchev–Trinajstić information content (AvgIpc) is 3.23. The first-order valence-corrected chi connectivity index (χ1v) is 19.7. The maximum Gasteiger partial charge on any atom is 0.333 e. The van der Waals surface area contributed by atoms with Crippen LogP contribution in [0.5, 0.6) is 0 Å². The lowest BCUT2D eigenvalue weighted by Crippen LogP contribution is -2.39. The Balaban J connectivity index is -0.000000984. The van der Waals surface area contributed by atoms with E-state index in [-0.39, 0.29) is 90.0 Å². The van der Waals surface area contributed by atoms with Crippen LogP contribution in [0.1, 0.15) is 117 Å². The van der Waals surface area contributed by atoms with Crippen molar-refractivity contribution < 1.29 is 77.4 Å². The summed E-state index contributed by atoms with van der Waals surface area (Å²) in [5.41, 5.74) is -0.498.